The summed E-state index contributed by atoms with van der Waals surface area (Å²) in [6, 6.07) is 12.0. The molecule has 0 bridgehead atoms. The average Bonchev–Trinajstić information content (AvgIpc) is 2.74. The summed E-state index contributed by atoms with van der Waals surface area (Å²) in [5.41, 5.74) is 1.84. The second kappa shape index (κ2) is 3.82. The molecule has 0 aliphatic rings. The van der Waals surface area contributed by atoms with Gasteiger partial charge in [-0.1, -0.05) is 30.3 Å². The molecule has 17 heavy (non-hydrogen) atoms. The Bertz CT molecular complexity index is 728. The molecule has 0 amide bonds. The molecular formula is C13H10N2OS. The molecule has 3 rings (SSSR count). The van der Waals surface area contributed by atoms with E-state index >= 15 is 0 Å². The van der Waals surface area contributed by atoms with Crippen LogP contribution in [0.25, 0.3) is 20.7 Å². The Hall–Kier alpha value is -1.94. The number of nitrogens with zero attached hydrogens (tertiary/aromatic N) is 1. The molecule has 84 valence electrons. The van der Waals surface area contributed by atoms with Crippen LogP contribution in [-0.4, -0.2) is 9.97 Å². The predicted molar refractivity (Wildman–Crippen MR) is 70.4 cm³/mol. The van der Waals surface area contributed by atoms with Crippen molar-refractivity contribution in [3.8, 4) is 10.4 Å². The lowest BCUT2D eigenvalue weighted by molar-refractivity contribution is 1.06. The number of benzene rings is 1. The van der Waals surface area contributed by atoms with Gasteiger partial charge in [0.05, 0.1) is 5.52 Å². The van der Waals surface area contributed by atoms with Crippen LogP contribution in [0.5, 0.6) is 0 Å². The topological polar surface area (TPSA) is 45.8 Å². The average molecular weight is 242 g/mol. The van der Waals surface area contributed by atoms with Gasteiger partial charge in [0.15, 0.2) is 0 Å². The summed E-state index contributed by atoms with van der Waals surface area (Å²) in [6.07, 6.45) is 0. The minimum Gasteiger partial charge on any atom is -0.310 e. The van der Waals surface area contributed by atoms with Crippen LogP contribution in [0.4, 0.5) is 0 Å². The molecule has 0 aliphatic heterocycles. The van der Waals surface area contributed by atoms with Crippen LogP contribution in [-0.2, 0) is 0 Å². The van der Waals surface area contributed by atoms with Crippen LogP contribution >= 0.6 is 11.3 Å². The normalized spacial score (nSPS) is 10.9. The number of thiophene rings is 1. The van der Waals surface area contributed by atoms with Crippen LogP contribution < -0.4 is 5.56 Å². The van der Waals surface area contributed by atoms with E-state index in [2.05, 4.69) is 9.97 Å². The molecule has 3 aromatic rings. The van der Waals surface area contributed by atoms with Gasteiger partial charge < -0.3 is 4.98 Å². The van der Waals surface area contributed by atoms with Crippen molar-refractivity contribution in [2.24, 2.45) is 0 Å². The van der Waals surface area contributed by atoms with Gasteiger partial charge in [0.1, 0.15) is 10.5 Å². The Labute approximate surface area is 102 Å². The Morgan fingerprint density at radius 2 is 2.00 bits per heavy atom. The quantitative estimate of drug-likeness (QED) is 0.713. The molecule has 0 atom stereocenters. The number of fused-ring (bicyclic) bond motifs is 1. The van der Waals surface area contributed by atoms with Gasteiger partial charge in [-0.15, -0.1) is 11.3 Å². The Morgan fingerprint density at radius 1 is 1.24 bits per heavy atom. The van der Waals surface area contributed by atoms with Crippen LogP contribution in [0.1, 0.15) is 5.82 Å². The maximum atomic E-state index is 11.8. The van der Waals surface area contributed by atoms with Gasteiger partial charge in [0, 0.05) is 4.88 Å². The summed E-state index contributed by atoms with van der Waals surface area (Å²) in [5.74, 6) is 0.653. The standard InChI is InChI=1S/C13H10N2OS/c1-8-14-10-7-11(9-5-3-2-4-6-9)17-12(10)13(16)15-8/h2-7H,1H3,(H,14,15,16). The number of aryl methyl sites for hydroxylation is 1. The Balaban J connectivity index is 2.28. The maximum absolute atomic E-state index is 11.8. The summed E-state index contributed by atoms with van der Waals surface area (Å²) in [7, 11) is 0. The lowest BCUT2D eigenvalue weighted by atomic mass is 10.2. The third-order valence-electron chi connectivity index (χ3n) is 2.56. The molecule has 0 saturated heterocycles. The van der Waals surface area contributed by atoms with Crippen molar-refractivity contribution in [2.75, 3.05) is 0 Å². The van der Waals surface area contributed by atoms with Gasteiger partial charge in [-0.3, -0.25) is 4.79 Å². The summed E-state index contributed by atoms with van der Waals surface area (Å²) in [6.45, 7) is 1.79. The number of aromatic nitrogens is 2. The first-order chi connectivity index (χ1) is 8.24. The van der Waals surface area contributed by atoms with E-state index in [1.807, 2.05) is 36.4 Å². The highest BCUT2D eigenvalue weighted by molar-refractivity contribution is 7.22. The van der Waals surface area contributed by atoms with Crippen molar-refractivity contribution in [3.63, 3.8) is 0 Å². The zero-order valence-corrected chi connectivity index (χ0v) is 10.0. The molecule has 4 heteroatoms. The predicted octanol–water partition coefficient (Wildman–Crippen LogP) is 2.96. The smallest absolute Gasteiger partial charge is 0.268 e. The van der Waals surface area contributed by atoms with Crippen LogP contribution in [0.2, 0.25) is 0 Å². The molecule has 3 nitrogen and oxygen atoms in total. The third-order valence-corrected chi connectivity index (χ3v) is 3.73. The minimum absolute atomic E-state index is 0.0559. The van der Waals surface area contributed by atoms with E-state index in [0.29, 0.717) is 10.5 Å². The molecule has 1 N–H and O–H groups in total. The first-order valence-corrected chi connectivity index (χ1v) is 6.11. The zero-order valence-electron chi connectivity index (χ0n) is 9.23. The molecule has 0 spiro atoms. The van der Waals surface area contributed by atoms with Crippen LogP contribution in [0.15, 0.2) is 41.2 Å². The maximum Gasteiger partial charge on any atom is 0.268 e. The number of rotatable bonds is 1. The van der Waals surface area contributed by atoms with E-state index in [1.165, 1.54) is 11.3 Å². The fraction of sp³-hybridized carbons (Fsp3) is 0.0769. The lowest BCUT2D eigenvalue weighted by Gasteiger charge is -1.93. The number of hydrogen-bond donors (Lipinski definition) is 1. The fourth-order valence-electron chi connectivity index (χ4n) is 1.80. The minimum atomic E-state index is -0.0559. The highest BCUT2D eigenvalue weighted by Gasteiger charge is 2.08. The van der Waals surface area contributed by atoms with Crippen LogP contribution in [0.3, 0.4) is 0 Å². The largest absolute Gasteiger partial charge is 0.310 e. The Kier molecular flexibility index (Phi) is 2.30. The monoisotopic (exact) mass is 242 g/mol. The molecular weight excluding hydrogens is 232 g/mol. The fourth-order valence-corrected chi connectivity index (χ4v) is 2.80. The van der Waals surface area contributed by atoms with Crippen molar-refractivity contribution in [1.82, 2.24) is 9.97 Å². The van der Waals surface area contributed by atoms with Gasteiger partial charge >= 0.3 is 0 Å². The van der Waals surface area contributed by atoms with E-state index in [1.54, 1.807) is 6.92 Å². The molecule has 2 heterocycles. The van der Waals surface area contributed by atoms with E-state index < -0.39 is 0 Å². The van der Waals surface area contributed by atoms with E-state index in [0.717, 1.165) is 16.0 Å². The first kappa shape index (κ1) is 10.2. The second-order valence-corrected chi connectivity index (χ2v) is 4.89. The van der Waals surface area contributed by atoms with Crippen molar-refractivity contribution >= 4 is 21.6 Å². The molecule has 0 unspecified atom stereocenters. The number of nitrogens with one attached hydrogen (secondary N) is 1. The number of hydrogen-bond acceptors (Lipinski definition) is 3. The molecule has 2 aromatic heterocycles. The summed E-state index contributed by atoms with van der Waals surface area (Å²) in [5, 5.41) is 0. The molecule has 1 aromatic carbocycles. The summed E-state index contributed by atoms with van der Waals surface area (Å²) < 4.78 is 0.689. The Morgan fingerprint density at radius 3 is 2.76 bits per heavy atom. The highest BCUT2D eigenvalue weighted by atomic mass is 32.1. The SMILES string of the molecule is Cc1nc2cc(-c3ccccc3)sc2c(=O)[nH]1. The summed E-state index contributed by atoms with van der Waals surface area (Å²) in [4.78, 5) is 19.9. The number of aromatic amines is 1. The molecule has 0 radical (unpaired) electrons. The number of H-pyrrole nitrogens is 1. The van der Waals surface area contributed by atoms with E-state index in [4.69, 9.17) is 0 Å². The van der Waals surface area contributed by atoms with Crippen molar-refractivity contribution < 1.29 is 0 Å². The van der Waals surface area contributed by atoms with Gasteiger partial charge in [0.2, 0.25) is 0 Å². The van der Waals surface area contributed by atoms with Crippen molar-refractivity contribution in [3.05, 3.63) is 52.6 Å². The van der Waals surface area contributed by atoms with Gasteiger partial charge in [0.25, 0.3) is 5.56 Å². The first-order valence-electron chi connectivity index (χ1n) is 5.30. The zero-order chi connectivity index (χ0) is 11.8. The third kappa shape index (κ3) is 1.76. The lowest BCUT2D eigenvalue weighted by Crippen LogP contribution is -2.07. The van der Waals surface area contributed by atoms with E-state index in [-0.39, 0.29) is 5.56 Å². The van der Waals surface area contributed by atoms with Gasteiger partial charge in [-0.25, -0.2) is 4.98 Å². The highest BCUT2D eigenvalue weighted by Crippen LogP contribution is 2.30. The molecule has 0 aliphatic carbocycles. The van der Waals surface area contributed by atoms with Gasteiger partial charge in [-0.2, -0.15) is 0 Å². The van der Waals surface area contributed by atoms with Crippen LogP contribution in [0, 0.1) is 6.92 Å². The van der Waals surface area contributed by atoms with Crippen molar-refractivity contribution in [1.29, 1.82) is 0 Å². The molecule has 0 saturated carbocycles. The second-order valence-electron chi connectivity index (χ2n) is 3.84. The van der Waals surface area contributed by atoms with E-state index in [9.17, 15) is 4.79 Å². The summed E-state index contributed by atoms with van der Waals surface area (Å²) >= 11 is 1.48. The van der Waals surface area contributed by atoms with Crippen molar-refractivity contribution in [2.45, 2.75) is 6.92 Å². The molecule has 0 fully saturated rings. The van der Waals surface area contributed by atoms with Gasteiger partial charge in [-0.05, 0) is 18.6 Å².